The second kappa shape index (κ2) is 6.41. The lowest BCUT2D eigenvalue weighted by molar-refractivity contribution is 0.0244. The molecule has 1 aliphatic rings. The standard InChI is InChI=1S/C14H28N2O2/c1-11(2)9-12-10-16(8-6-7-15-12)13(17)18-14(3,4)5/h11-12,15H,6-10H2,1-5H3/t12-/m0/s1. The number of ether oxygens (including phenoxy) is 1. The average Bonchev–Trinajstić information content (AvgIpc) is 2.39. The van der Waals surface area contributed by atoms with Crippen LogP contribution in [-0.2, 0) is 4.74 Å². The zero-order valence-corrected chi connectivity index (χ0v) is 12.5. The van der Waals surface area contributed by atoms with Gasteiger partial charge in [-0.25, -0.2) is 4.79 Å². The van der Waals surface area contributed by atoms with Gasteiger partial charge in [0.05, 0.1) is 0 Å². The van der Waals surface area contributed by atoms with Crippen molar-refractivity contribution in [3.8, 4) is 0 Å². The van der Waals surface area contributed by atoms with Gasteiger partial charge >= 0.3 is 6.09 Å². The molecule has 106 valence electrons. The summed E-state index contributed by atoms with van der Waals surface area (Å²) in [4.78, 5) is 13.9. The summed E-state index contributed by atoms with van der Waals surface area (Å²) < 4.78 is 5.45. The van der Waals surface area contributed by atoms with Crippen molar-refractivity contribution in [1.29, 1.82) is 0 Å². The van der Waals surface area contributed by atoms with Crippen LogP contribution in [0.4, 0.5) is 4.79 Å². The molecule has 4 nitrogen and oxygen atoms in total. The molecule has 1 fully saturated rings. The molecule has 0 radical (unpaired) electrons. The molecule has 0 aromatic heterocycles. The van der Waals surface area contributed by atoms with E-state index in [1.807, 2.05) is 25.7 Å². The smallest absolute Gasteiger partial charge is 0.410 e. The first kappa shape index (κ1) is 15.3. The van der Waals surface area contributed by atoms with E-state index in [2.05, 4.69) is 19.2 Å². The fourth-order valence-electron chi connectivity index (χ4n) is 2.22. The van der Waals surface area contributed by atoms with Gasteiger partial charge < -0.3 is 15.0 Å². The number of nitrogens with one attached hydrogen (secondary N) is 1. The number of hydrogen-bond donors (Lipinski definition) is 1. The zero-order chi connectivity index (χ0) is 13.8. The van der Waals surface area contributed by atoms with E-state index in [1.54, 1.807) is 0 Å². The predicted octanol–water partition coefficient (Wildman–Crippen LogP) is 2.63. The van der Waals surface area contributed by atoms with E-state index in [9.17, 15) is 4.79 Å². The second-order valence-corrected chi connectivity index (χ2v) is 6.56. The van der Waals surface area contributed by atoms with Gasteiger partial charge in [0.2, 0.25) is 0 Å². The predicted molar refractivity (Wildman–Crippen MR) is 73.7 cm³/mol. The van der Waals surface area contributed by atoms with E-state index < -0.39 is 5.60 Å². The first-order chi connectivity index (χ1) is 8.28. The van der Waals surface area contributed by atoms with Crippen LogP contribution < -0.4 is 5.32 Å². The van der Waals surface area contributed by atoms with Gasteiger partial charge in [0.15, 0.2) is 0 Å². The van der Waals surface area contributed by atoms with Crippen LogP contribution in [-0.4, -0.2) is 42.3 Å². The largest absolute Gasteiger partial charge is 0.444 e. The first-order valence-corrected chi connectivity index (χ1v) is 6.99. The highest BCUT2D eigenvalue weighted by molar-refractivity contribution is 5.68. The normalized spacial score (nSPS) is 21.9. The minimum Gasteiger partial charge on any atom is -0.444 e. The molecule has 0 spiro atoms. The Morgan fingerprint density at radius 2 is 2.11 bits per heavy atom. The van der Waals surface area contributed by atoms with Gasteiger partial charge in [0.25, 0.3) is 0 Å². The number of hydrogen-bond acceptors (Lipinski definition) is 3. The number of carbonyl (C=O) groups excluding carboxylic acids is 1. The molecule has 1 saturated heterocycles. The van der Waals surface area contributed by atoms with E-state index in [0.29, 0.717) is 12.0 Å². The Morgan fingerprint density at radius 3 is 2.67 bits per heavy atom. The van der Waals surface area contributed by atoms with Crippen molar-refractivity contribution >= 4 is 6.09 Å². The number of amides is 1. The van der Waals surface area contributed by atoms with Gasteiger partial charge in [0, 0.05) is 19.1 Å². The lowest BCUT2D eigenvalue weighted by Gasteiger charge is -2.28. The van der Waals surface area contributed by atoms with Gasteiger partial charge in [0.1, 0.15) is 5.60 Å². The molecule has 1 aliphatic heterocycles. The Morgan fingerprint density at radius 1 is 1.44 bits per heavy atom. The maximum Gasteiger partial charge on any atom is 0.410 e. The maximum absolute atomic E-state index is 12.1. The summed E-state index contributed by atoms with van der Waals surface area (Å²) in [6.07, 6.45) is 1.91. The summed E-state index contributed by atoms with van der Waals surface area (Å²) in [7, 11) is 0. The summed E-state index contributed by atoms with van der Waals surface area (Å²) in [5.74, 6) is 0.640. The molecular weight excluding hydrogens is 228 g/mol. The van der Waals surface area contributed by atoms with Crippen molar-refractivity contribution in [2.75, 3.05) is 19.6 Å². The highest BCUT2D eigenvalue weighted by Crippen LogP contribution is 2.14. The van der Waals surface area contributed by atoms with Gasteiger partial charge in [-0.15, -0.1) is 0 Å². The molecule has 0 unspecified atom stereocenters. The van der Waals surface area contributed by atoms with Crippen LogP contribution in [0, 0.1) is 5.92 Å². The molecule has 1 atom stereocenters. The monoisotopic (exact) mass is 256 g/mol. The highest BCUT2D eigenvalue weighted by atomic mass is 16.6. The Kier molecular flexibility index (Phi) is 5.45. The minimum absolute atomic E-state index is 0.181. The average molecular weight is 256 g/mol. The highest BCUT2D eigenvalue weighted by Gasteiger charge is 2.26. The van der Waals surface area contributed by atoms with Crippen LogP contribution in [0.2, 0.25) is 0 Å². The Labute approximate surface area is 111 Å². The quantitative estimate of drug-likeness (QED) is 0.826. The number of carbonyl (C=O) groups is 1. The van der Waals surface area contributed by atoms with Crippen LogP contribution >= 0.6 is 0 Å². The summed E-state index contributed by atoms with van der Waals surface area (Å²) in [6.45, 7) is 12.7. The molecule has 0 bridgehead atoms. The van der Waals surface area contributed by atoms with Crippen molar-refractivity contribution in [3.63, 3.8) is 0 Å². The van der Waals surface area contributed by atoms with Crippen molar-refractivity contribution in [3.05, 3.63) is 0 Å². The SMILES string of the molecule is CC(C)C[C@H]1CN(C(=O)OC(C)(C)C)CCCN1. The Bertz CT molecular complexity index is 271. The van der Waals surface area contributed by atoms with E-state index >= 15 is 0 Å². The van der Waals surface area contributed by atoms with Crippen molar-refractivity contribution in [2.24, 2.45) is 5.92 Å². The van der Waals surface area contributed by atoms with Crippen LogP contribution in [0.1, 0.15) is 47.5 Å². The van der Waals surface area contributed by atoms with Crippen molar-refractivity contribution in [2.45, 2.75) is 59.1 Å². The lowest BCUT2D eigenvalue weighted by atomic mass is 10.0. The molecule has 0 aromatic carbocycles. The topological polar surface area (TPSA) is 41.6 Å². The molecule has 18 heavy (non-hydrogen) atoms. The van der Waals surface area contributed by atoms with Crippen molar-refractivity contribution in [1.82, 2.24) is 10.2 Å². The maximum atomic E-state index is 12.1. The third-order valence-electron chi connectivity index (χ3n) is 2.89. The van der Waals surface area contributed by atoms with Crippen LogP contribution in [0.25, 0.3) is 0 Å². The minimum atomic E-state index is -0.412. The summed E-state index contributed by atoms with van der Waals surface area (Å²) >= 11 is 0. The van der Waals surface area contributed by atoms with Crippen LogP contribution in [0.15, 0.2) is 0 Å². The molecule has 1 rings (SSSR count). The van der Waals surface area contributed by atoms with Crippen LogP contribution in [0.5, 0.6) is 0 Å². The number of rotatable bonds is 2. The molecule has 1 amide bonds. The fourth-order valence-corrected chi connectivity index (χ4v) is 2.22. The van der Waals surface area contributed by atoms with E-state index in [0.717, 1.165) is 32.5 Å². The molecule has 0 aliphatic carbocycles. The number of nitrogens with zero attached hydrogens (tertiary/aromatic N) is 1. The second-order valence-electron chi connectivity index (χ2n) is 6.56. The molecular formula is C14H28N2O2. The Balaban J connectivity index is 2.55. The van der Waals surface area contributed by atoms with Gasteiger partial charge in [-0.2, -0.15) is 0 Å². The van der Waals surface area contributed by atoms with E-state index in [1.165, 1.54) is 0 Å². The third kappa shape index (κ3) is 5.71. The fraction of sp³-hybridized carbons (Fsp3) is 0.929. The Hall–Kier alpha value is -0.770. The first-order valence-electron chi connectivity index (χ1n) is 6.99. The summed E-state index contributed by atoms with van der Waals surface area (Å²) in [6, 6.07) is 0.389. The molecule has 1 heterocycles. The van der Waals surface area contributed by atoms with Crippen molar-refractivity contribution < 1.29 is 9.53 Å². The summed E-state index contributed by atoms with van der Waals surface area (Å²) in [5, 5.41) is 3.51. The lowest BCUT2D eigenvalue weighted by Crippen LogP contribution is -2.43. The van der Waals surface area contributed by atoms with E-state index in [4.69, 9.17) is 4.74 Å². The van der Waals surface area contributed by atoms with Gasteiger partial charge in [-0.1, -0.05) is 13.8 Å². The molecule has 4 heteroatoms. The molecule has 0 saturated carbocycles. The van der Waals surface area contributed by atoms with E-state index in [-0.39, 0.29) is 6.09 Å². The third-order valence-corrected chi connectivity index (χ3v) is 2.89. The molecule has 0 aromatic rings. The van der Waals surface area contributed by atoms with Gasteiger partial charge in [-0.05, 0) is 46.1 Å². The summed E-state index contributed by atoms with van der Waals surface area (Å²) in [5.41, 5.74) is -0.412. The zero-order valence-electron chi connectivity index (χ0n) is 12.5. The molecule has 1 N–H and O–H groups in total. The van der Waals surface area contributed by atoms with Gasteiger partial charge in [-0.3, -0.25) is 0 Å². The van der Waals surface area contributed by atoms with Crippen LogP contribution in [0.3, 0.4) is 0 Å².